The predicted molar refractivity (Wildman–Crippen MR) is 59.5 cm³/mol. The molecule has 1 fully saturated rings. The molecule has 2 aliphatic rings. The van der Waals surface area contributed by atoms with Gasteiger partial charge in [-0.25, -0.2) is 0 Å². The lowest BCUT2D eigenvalue weighted by Crippen LogP contribution is -2.28. The lowest BCUT2D eigenvalue weighted by molar-refractivity contribution is 0.0952. The van der Waals surface area contributed by atoms with Crippen LogP contribution in [0.25, 0.3) is 0 Å². The Hall–Kier alpha value is -1.55. The molecule has 2 heterocycles. The van der Waals surface area contributed by atoms with Crippen LogP contribution in [-0.2, 0) is 0 Å². The maximum absolute atomic E-state index is 11.8. The summed E-state index contributed by atoms with van der Waals surface area (Å²) in [7, 11) is 0. The van der Waals surface area contributed by atoms with Crippen LogP contribution in [0, 0.1) is 5.92 Å². The third-order valence-corrected chi connectivity index (χ3v) is 3.55. The van der Waals surface area contributed by atoms with Crippen molar-refractivity contribution in [3.05, 3.63) is 29.3 Å². The number of rotatable bonds is 0. The first-order valence-corrected chi connectivity index (χ1v) is 5.57. The molecule has 2 atom stereocenters. The third kappa shape index (κ3) is 1.38. The second kappa shape index (κ2) is 3.49. The highest BCUT2D eigenvalue weighted by Crippen LogP contribution is 2.33. The molecule has 0 saturated carbocycles. The Labute approximate surface area is 93.7 Å². The van der Waals surface area contributed by atoms with Gasteiger partial charge in [-0.1, -0.05) is 6.07 Å². The molecule has 0 aromatic heterocycles. The van der Waals surface area contributed by atoms with Gasteiger partial charge in [-0.2, -0.15) is 0 Å². The van der Waals surface area contributed by atoms with E-state index in [1.165, 1.54) is 0 Å². The number of aromatic hydroxyl groups is 1. The standard InChI is InChI=1S/C12H14N2O2/c15-8-1-2-9-10(3-8)12(16)14-5-7-4-13-6-11(7)9/h1-3,7,11,13,15H,4-6H2,(H,14,16)/t7-,11+/m1/s1. The summed E-state index contributed by atoms with van der Waals surface area (Å²) in [5.41, 5.74) is 1.68. The van der Waals surface area contributed by atoms with Crippen molar-refractivity contribution in [1.82, 2.24) is 10.6 Å². The minimum Gasteiger partial charge on any atom is -0.508 e. The summed E-state index contributed by atoms with van der Waals surface area (Å²) in [6.45, 7) is 2.58. The second-order valence-electron chi connectivity index (χ2n) is 4.51. The third-order valence-electron chi connectivity index (χ3n) is 3.55. The maximum atomic E-state index is 11.8. The molecule has 3 rings (SSSR count). The van der Waals surface area contributed by atoms with Gasteiger partial charge in [0, 0.05) is 31.1 Å². The summed E-state index contributed by atoms with van der Waals surface area (Å²) in [5.74, 6) is 0.933. The molecule has 4 nitrogen and oxygen atoms in total. The number of benzene rings is 1. The number of phenols is 1. The number of carbonyl (C=O) groups excluding carboxylic acids is 1. The van der Waals surface area contributed by atoms with Gasteiger partial charge < -0.3 is 15.7 Å². The highest BCUT2D eigenvalue weighted by molar-refractivity contribution is 5.96. The summed E-state index contributed by atoms with van der Waals surface area (Å²) in [5, 5.41) is 15.7. The van der Waals surface area contributed by atoms with Crippen LogP contribution in [0.1, 0.15) is 21.8 Å². The van der Waals surface area contributed by atoms with E-state index in [0.29, 0.717) is 23.9 Å². The highest BCUT2D eigenvalue weighted by Gasteiger charge is 2.34. The SMILES string of the molecule is O=C1NC[C@H]2CNC[C@@H]2c2ccc(O)cc21. The Morgan fingerprint density at radius 3 is 3.00 bits per heavy atom. The number of phenolic OH excluding ortho intramolecular Hbond substituents is 1. The van der Waals surface area contributed by atoms with Gasteiger partial charge in [-0.15, -0.1) is 0 Å². The summed E-state index contributed by atoms with van der Waals surface area (Å²) in [6.07, 6.45) is 0. The molecule has 1 aromatic carbocycles. The zero-order valence-electron chi connectivity index (χ0n) is 8.86. The second-order valence-corrected chi connectivity index (χ2v) is 4.51. The number of fused-ring (bicyclic) bond motifs is 3. The highest BCUT2D eigenvalue weighted by atomic mass is 16.3. The van der Waals surface area contributed by atoms with Gasteiger partial charge >= 0.3 is 0 Å². The van der Waals surface area contributed by atoms with E-state index >= 15 is 0 Å². The fourth-order valence-electron chi connectivity index (χ4n) is 2.69. The van der Waals surface area contributed by atoms with E-state index < -0.39 is 0 Å². The van der Waals surface area contributed by atoms with Gasteiger partial charge in [0.15, 0.2) is 0 Å². The minimum atomic E-state index is -0.0692. The van der Waals surface area contributed by atoms with Gasteiger partial charge in [-0.3, -0.25) is 4.79 Å². The Bertz CT molecular complexity index is 445. The van der Waals surface area contributed by atoms with Gasteiger partial charge in [0.05, 0.1) is 0 Å². The molecular weight excluding hydrogens is 204 g/mol. The van der Waals surface area contributed by atoms with E-state index in [-0.39, 0.29) is 11.7 Å². The first-order valence-electron chi connectivity index (χ1n) is 5.57. The largest absolute Gasteiger partial charge is 0.508 e. The van der Waals surface area contributed by atoms with E-state index in [2.05, 4.69) is 10.6 Å². The van der Waals surface area contributed by atoms with Crippen molar-refractivity contribution in [3.63, 3.8) is 0 Å². The van der Waals surface area contributed by atoms with Crippen LogP contribution in [0.5, 0.6) is 5.75 Å². The maximum Gasteiger partial charge on any atom is 0.251 e. The van der Waals surface area contributed by atoms with Crippen LogP contribution in [0.4, 0.5) is 0 Å². The Kier molecular flexibility index (Phi) is 2.11. The first kappa shape index (κ1) is 9.66. The van der Waals surface area contributed by atoms with Crippen LogP contribution in [0.3, 0.4) is 0 Å². The molecule has 4 heteroatoms. The minimum absolute atomic E-state index is 0.0692. The van der Waals surface area contributed by atoms with Gasteiger partial charge in [0.1, 0.15) is 5.75 Å². The van der Waals surface area contributed by atoms with E-state index in [1.807, 2.05) is 6.07 Å². The molecule has 0 spiro atoms. The number of hydrogen-bond acceptors (Lipinski definition) is 3. The zero-order chi connectivity index (χ0) is 11.1. The molecule has 1 aromatic rings. The van der Waals surface area contributed by atoms with Crippen LogP contribution in [0.2, 0.25) is 0 Å². The van der Waals surface area contributed by atoms with Crippen molar-refractivity contribution in [1.29, 1.82) is 0 Å². The van der Waals surface area contributed by atoms with Crippen molar-refractivity contribution in [2.24, 2.45) is 5.92 Å². The van der Waals surface area contributed by atoms with E-state index in [0.717, 1.165) is 18.7 Å². The average Bonchev–Trinajstić information content (AvgIpc) is 2.69. The van der Waals surface area contributed by atoms with E-state index in [9.17, 15) is 9.90 Å². The van der Waals surface area contributed by atoms with Crippen molar-refractivity contribution in [2.75, 3.05) is 19.6 Å². The van der Waals surface area contributed by atoms with Gasteiger partial charge in [0.25, 0.3) is 5.91 Å². The van der Waals surface area contributed by atoms with E-state index in [4.69, 9.17) is 0 Å². The van der Waals surface area contributed by atoms with Crippen molar-refractivity contribution >= 4 is 5.91 Å². The number of hydrogen-bond donors (Lipinski definition) is 3. The van der Waals surface area contributed by atoms with Gasteiger partial charge in [0.2, 0.25) is 0 Å². The molecule has 0 bridgehead atoms. The monoisotopic (exact) mass is 218 g/mol. The number of amides is 1. The fourth-order valence-corrected chi connectivity index (χ4v) is 2.69. The molecule has 1 saturated heterocycles. The molecule has 84 valence electrons. The molecule has 1 amide bonds. The molecule has 3 N–H and O–H groups in total. The fraction of sp³-hybridized carbons (Fsp3) is 0.417. The Morgan fingerprint density at radius 1 is 1.25 bits per heavy atom. The summed E-state index contributed by atoms with van der Waals surface area (Å²) in [4.78, 5) is 11.8. The first-order chi connectivity index (χ1) is 7.75. The summed E-state index contributed by atoms with van der Waals surface area (Å²) in [6, 6.07) is 5.10. The predicted octanol–water partition coefficient (Wildman–Crippen LogP) is 0.439. The molecule has 0 aliphatic carbocycles. The lowest BCUT2D eigenvalue weighted by atomic mass is 9.87. The molecule has 0 radical (unpaired) electrons. The topological polar surface area (TPSA) is 61.4 Å². The number of carbonyl (C=O) groups is 1. The Morgan fingerprint density at radius 2 is 2.12 bits per heavy atom. The smallest absolute Gasteiger partial charge is 0.251 e. The molecular formula is C12H14N2O2. The molecule has 0 unspecified atom stereocenters. The zero-order valence-corrected chi connectivity index (χ0v) is 8.86. The van der Waals surface area contributed by atoms with Gasteiger partial charge in [-0.05, 0) is 23.6 Å². The van der Waals surface area contributed by atoms with Crippen LogP contribution < -0.4 is 10.6 Å². The molecule has 16 heavy (non-hydrogen) atoms. The molecule has 2 aliphatic heterocycles. The number of nitrogens with one attached hydrogen (secondary N) is 2. The normalized spacial score (nSPS) is 27.9. The van der Waals surface area contributed by atoms with Crippen LogP contribution in [-0.4, -0.2) is 30.6 Å². The van der Waals surface area contributed by atoms with Crippen molar-refractivity contribution < 1.29 is 9.90 Å². The van der Waals surface area contributed by atoms with E-state index in [1.54, 1.807) is 12.1 Å². The van der Waals surface area contributed by atoms with Crippen LogP contribution in [0.15, 0.2) is 18.2 Å². The summed E-state index contributed by atoms with van der Waals surface area (Å²) < 4.78 is 0. The van der Waals surface area contributed by atoms with Crippen molar-refractivity contribution in [3.8, 4) is 5.75 Å². The van der Waals surface area contributed by atoms with Crippen molar-refractivity contribution in [2.45, 2.75) is 5.92 Å². The Balaban J connectivity index is 2.12. The average molecular weight is 218 g/mol. The van der Waals surface area contributed by atoms with Crippen LogP contribution >= 0.6 is 0 Å². The lowest BCUT2D eigenvalue weighted by Gasteiger charge is -2.15. The quantitative estimate of drug-likeness (QED) is 0.592. The summed E-state index contributed by atoms with van der Waals surface area (Å²) >= 11 is 0.